The number of piperidine rings is 1. The molecule has 0 spiro atoms. The van der Waals surface area contributed by atoms with Crippen LogP contribution in [0.4, 0.5) is 0 Å². The Morgan fingerprint density at radius 1 is 1.35 bits per heavy atom. The Labute approximate surface area is 109 Å². The van der Waals surface area contributed by atoms with Crippen LogP contribution < -0.4 is 5.73 Å². The second-order valence-electron chi connectivity index (χ2n) is 4.45. The van der Waals surface area contributed by atoms with Crippen molar-refractivity contribution in [1.29, 1.82) is 5.26 Å². The zero-order chi connectivity index (χ0) is 11.4. The average molecular weight is 252 g/mol. The van der Waals surface area contributed by atoms with Gasteiger partial charge in [-0.2, -0.15) is 5.26 Å². The van der Waals surface area contributed by atoms with E-state index in [1.54, 1.807) is 0 Å². The molecule has 0 aliphatic carbocycles. The van der Waals surface area contributed by atoms with Crippen LogP contribution in [-0.2, 0) is 6.54 Å². The lowest BCUT2D eigenvalue weighted by molar-refractivity contribution is 0.201. The molecule has 1 aliphatic heterocycles. The molecule has 1 fully saturated rings. The van der Waals surface area contributed by atoms with Crippen molar-refractivity contribution in [2.45, 2.75) is 25.4 Å². The average Bonchev–Trinajstić information content (AvgIpc) is 2.30. The summed E-state index contributed by atoms with van der Waals surface area (Å²) in [5.74, 6) is 0. The van der Waals surface area contributed by atoms with Crippen molar-refractivity contribution >= 4 is 12.4 Å². The minimum Gasteiger partial charge on any atom is -0.327 e. The van der Waals surface area contributed by atoms with Gasteiger partial charge in [-0.25, -0.2) is 0 Å². The standard InChI is InChI=1S/C13H17N3.ClH/c14-8-11-3-5-12(6-4-11)9-16-7-1-2-13(15)10-16;/h3-6,13H,1-2,7,9-10,15H2;1H. The number of likely N-dealkylation sites (tertiary alicyclic amines) is 1. The van der Waals surface area contributed by atoms with Crippen LogP contribution in [0.3, 0.4) is 0 Å². The van der Waals surface area contributed by atoms with Gasteiger partial charge in [-0.1, -0.05) is 12.1 Å². The summed E-state index contributed by atoms with van der Waals surface area (Å²) >= 11 is 0. The van der Waals surface area contributed by atoms with Gasteiger partial charge < -0.3 is 5.73 Å². The van der Waals surface area contributed by atoms with Gasteiger partial charge in [0.2, 0.25) is 0 Å². The summed E-state index contributed by atoms with van der Waals surface area (Å²) in [6.45, 7) is 3.06. The number of benzene rings is 1. The molecule has 1 unspecified atom stereocenters. The van der Waals surface area contributed by atoms with Crippen molar-refractivity contribution in [2.75, 3.05) is 13.1 Å². The Hall–Kier alpha value is -1.08. The van der Waals surface area contributed by atoms with Gasteiger partial charge in [0.25, 0.3) is 0 Å². The Morgan fingerprint density at radius 2 is 2.06 bits per heavy atom. The molecule has 2 N–H and O–H groups in total. The van der Waals surface area contributed by atoms with E-state index in [0.29, 0.717) is 6.04 Å². The fraction of sp³-hybridized carbons (Fsp3) is 0.462. The predicted octanol–water partition coefficient (Wildman–Crippen LogP) is 1.90. The molecule has 1 aromatic rings. The van der Waals surface area contributed by atoms with Crippen molar-refractivity contribution in [3.05, 3.63) is 35.4 Å². The molecule has 4 heteroatoms. The van der Waals surface area contributed by atoms with Crippen LogP contribution in [0.1, 0.15) is 24.0 Å². The lowest BCUT2D eigenvalue weighted by atomic mass is 10.1. The summed E-state index contributed by atoms with van der Waals surface area (Å²) < 4.78 is 0. The van der Waals surface area contributed by atoms with Crippen molar-refractivity contribution in [3.63, 3.8) is 0 Å². The molecule has 1 atom stereocenters. The number of hydrogen-bond donors (Lipinski definition) is 1. The van der Waals surface area contributed by atoms with E-state index < -0.39 is 0 Å². The third-order valence-corrected chi connectivity index (χ3v) is 3.03. The van der Waals surface area contributed by atoms with E-state index in [9.17, 15) is 0 Å². The SMILES string of the molecule is Cl.N#Cc1ccc(CN2CCCC(N)C2)cc1. The Morgan fingerprint density at radius 3 is 2.65 bits per heavy atom. The summed E-state index contributed by atoms with van der Waals surface area (Å²) in [6, 6.07) is 10.3. The van der Waals surface area contributed by atoms with Crippen LogP contribution >= 0.6 is 12.4 Å². The Balaban J connectivity index is 0.00000144. The first-order valence-corrected chi connectivity index (χ1v) is 5.75. The molecule has 0 saturated carbocycles. The highest BCUT2D eigenvalue weighted by atomic mass is 35.5. The molecule has 3 nitrogen and oxygen atoms in total. The highest BCUT2D eigenvalue weighted by Crippen LogP contribution is 2.13. The zero-order valence-corrected chi connectivity index (χ0v) is 10.6. The number of nitrogens with two attached hydrogens (primary N) is 1. The Kier molecular flexibility index (Phi) is 5.43. The molecule has 1 aromatic carbocycles. The van der Waals surface area contributed by atoms with Gasteiger partial charge in [-0.05, 0) is 37.1 Å². The molecular formula is C13H18ClN3. The molecule has 0 radical (unpaired) electrons. The molecule has 0 aromatic heterocycles. The topological polar surface area (TPSA) is 53.0 Å². The maximum atomic E-state index is 8.71. The van der Waals surface area contributed by atoms with Gasteiger partial charge >= 0.3 is 0 Å². The van der Waals surface area contributed by atoms with Crippen molar-refractivity contribution in [3.8, 4) is 6.07 Å². The number of halogens is 1. The van der Waals surface area contributed by atoms with Gasteiger partial charge in [0.05, 0.1) is 11.6 Å². The quantitative estimate of drug-likeness (QED) is 0.874. The molecule has 0 amide bonds. The monoisotopic (exact) mass is 251 g/mol. The van der Waals surface area contributed by atoms with Crippen LogP contribution in [0.2, 0.25) is 0 Å². The van der Waals surface area contributed by atoms with Crippen LogP contribution in [0.25, 0.3) is 0 Å². The maximum Gasteiger partial charge on any atom is 0.0991 e. The zero-order valence-electron chi connectivity index (χ0n) is 9.80. The van der Waals surface area contributed by atoms with E-state index in [1.165, 1.54) is 12.0 Å². The fourth-order valence-electron chi connectivity index (χ4n) is 2.18. The molecule has 92 valence electrons. The largest absolute Gasteiger partial charge is 0.327 e. The summed E-state index contributed by atoms with van der Waals surface area (Å²) in [7, 11) is 0. The van der Waals surface area contributed by atoms with Gasteiger partial charge in [0.1, 0.15) is 0 Å². The normalized spacial score (nSPS) is 20.4. The van der Waals surface area contributed by atoms with E-state index in [1.807, 2.05) is 24.3 Å². The van der Waals surface area contributed by atoms with Crippen molar-refractivity contribution in [2.24, 2.45) is 5.73 Å². The van der Waals surface area contributed by atoms with Crippen LogP contribution in [0.15, 0.2) is 24.3 Å². The molecule has 1 saturated heterocycles. The van der Waals surface area contributed by atoms with Crippen LogP contribution in [0.5, 0.6) is 0 Å². The van der Waals surface area contributed by atoms with E-state index in [0.717, 1.165) is 31.6 Å². The maximum absolute atomic E-state index is 8.71. The smallest absolute Gasteiger partial charge is 0.0991 e. The first-order chi connectivity index (χ1) is 7.78. The molecule has 0 bridgehead atoms. The minimum atomic E-state index is 0. The molecule has 2 rings (SSSR count). The van der Waals surface area contributed by atoms with Crippen molar-refractivity contribution in [1.82, 2.24) is 4.90 Å². The van der Waals surface area contributed by atoms with Crippen LogP contribution in [-0.4, -0.2) is 24.0 Å². The highest BCUT2D eigenvalue weighted by Gasteiger charge is 2.16. The van der Waals surface area contributed by atoms with E-state index in [2.05, 4.69) is 11.0 Å². The first kappa shape index (κ1) is 14.0. The van der Waals surface area contributed by atoms with Crippen LogP contribution in [0, 0.1) is 11.3 Å². The summed E-state index contributed by atoms with van der Waals surface area (Å²) in [5, 5.41) is 8.71. The van der Waals surface area contributed by atoms with Gasteiger partial charge in [0.15, 0.2) is 0 Å². The van der Waals surface area contributed by atoms with Gasteiger partial charge in [-0.15, -0.1) is 12.4 Å². The van der Waals surface area contributed by atoms with Gasteiger partial charge in [-0.3, -0.25) is 4.90 Å². The second kappa shape index (κ2) is 6.61. The predicted molar refractivity (Wildman–Crippen MR) is 70.9 cm³/mol. The molecular weight excluding hydrogens is 234 g/mol. The summed E-state index contributed by atoms with van der Waals surface area (Å²) in [5.41, 5.74) is 7.92. The highest BCUT2D eigenvalue weighted by molar-refractivity contribution is 5.85. The summed E-state index contributed by atoms with van der Waals surface area (Å²) in [4.78, 5) is 2.38. The number of nitrogens with zero attached hydrogens (tertiary/aromatic N) is 2. The lowest BCUT2D eigenvalue weighted by Crippen LogP contribution is -2.42. The number of rotatable bonds is 2. The second-order valence-corrected chi connectivity index (χ2v) is 4.45. The van der Waals surface area contributed by atoms with Gasteiger partial charge in [0, 0.05) is 19.1 Å². The minimum absolute atomic E-state index is 0. The van der Waals surface area contributed by atoms with Crippen molar-refractivity contribution < 1.29 is 0 Å². The third-order valence-electron chi connectivity index (χ3n) is 3.03. The lowest BCUT2D eigenvalue weighted by Gasteiger charge is -2.30. The fourth-order valence-corrected chi connectivity index (χ4v) is 2.18. The molecule has 1 heterocycles. The molecule has 17 heavy (non-hydrogen) atoms. The number of nitriles is 1. The van der Waals surface area contributed by atoms with E-state index >= 15 is 0 Å². The Bertz CT molecular complexity index is 383. The third kappa shape index (κ3) is 4.01. The summed E-state index contributed by atoms with van der Waals surface area (Å²) in [6.07, 6.45) is 2.33. The first-order valence-electron chi connectivity index (χ1n) is 5.75. The van der Waals surface area contributed by atoms with E-state index in [4.69, 9.17) is 11.0 Å². The number of hydrogen-bond acceptors (Lipinski definition) is 3. The van der Waals surface area contributed by atoms with E-state index in [-0.39, 0.29) is 12.4 Å². The molecule has 1 aliphatic rings.